The number of benzene rings is 1. The predicted molar refractivity (Wildman–Crippen MR) is 73.4 cm³/mol. The van der Waals surface area contributed by atoms with E-state index in [9.17, 15) is 0 Å². The summed E-state index contributed by atoms with van der Waals surface area (Å²) in [5.74, 6) is 1.55. The van der Waals surface area contributed by atoms with E-state index in [-0.39, 0.29) is 0 Å². The van der Waals surface area contributed by atoms with Gasteiger partial charge in [-0.1, -0.05) is 11.3 Å². The van der Waals surface area contributed by atoms with Gasteiger partial charge in [0.25, 0.3) is 0 Å². The maximum absolute atomic E-state index is 5.54. The van der Waals surface area contributed by atoms with E-state index < -0.39 is 0 Å². The number of methoxy groups -OCH3 is 1. The standard InChI is InChI=1S/C12H13N5OS/c1-18-9-4-2-8(3-5-9)11-14-15-12-17(11)16-10(19-12)6-7-13/h2-5H,6-7,13H2,1H3. The lowest BCUT2D eigenvalue weighted by molar-refractivity contribution is 0.415. The third kappa shape index (κ3) is 2.18. The van der Waals surface area contributed by atoms with Gasteiger partial charge in [-0.15, -0.1) is 10.2 Å². The summed E-state index contributed by atoms with van der Waals surface area (Å²) in [5, 5.41) is 13.8. The summed E-state index contributed by atoms with van der Waals surface area (Å²) >= 11 is 1.52. The van der Waals surface area contributed by atoms with Crippen molar-refractivity contribution in [1.82, 2.24) is 19.8 Å². The fourth-order valence-electron chi connectivity index (χ4n) is 1.80. The van der Waals surface area contributed by atoms with E-state index in [1.54, 1.807) is 11.6 Å². The Labute approximate surface area is 113 Å². The van der Waals surface area contributed by atoms with Crippen molar-refractivity contribution in [2.75, 3.05) is 13.7 Å². The van der Waals surface area contributed by atoms with Gasteiger partial charge in [0.15, 0.2) is 5.82 Å². The molecule has 0 bridgehead atoms. The second-order valence-electron chi connectivity index (χ2n) is 3.98. The molecular weight excluding hydrogens is 262 g/mol. The second-order valence-corrected chi connectivity index (χ2v) is 5.02. The highest BCUT2D eigenvalue weighted by atomic mass is 32.1. The summed E-state index contributed by atoms with van der Waals surface area (Å²) in [5.41, 5.74) is 6.50. The molecule has 3 rings (SSSR count). The zero-order valence-electron chi connectivity index (χ0n) is 10.4. The molecule has 0 spiro atoms. The zero-order chi connectivity index (χ0) is 13.2. The minimum Gasteiger partial charge on any atom is -0.497 e. The molecule has 6 nitrogen and oxygen atoms in total. The minimum absolute atomic E-state index is 0.585. The number of hydrogen-bond acceptors (Lipinski definition) is 6. The first-order valence-corrected chi connectivity index (χ1v) is 6.69. The van der Waals surface area contributed by atoms with Gasteiger partial charge in [-0.3, -0.25) is 0 Å². The molecule has 0 unspecified atom stereocenters. The van der Waals surface area contributed by atoms with Crippen LogP contribution in [0.4, 0.5) is 0 Å². The van der Waals surface area contributed by atoms with Crippen LogP contribution in [0.3, 0.4) is 0 Å². The van der Waals surface area contributed by atoms with Crippen molar-refractivity contribution in [1.29, 1.82) is 0 Å². The van der Waals surface area contributed by atoms with Crippen LogP contribution in [0.1, 0.15) is 5.01 Å². The van der Waals surface area contributed by atoms with Crippen LogP contribution in [-0.2, 0) is 6.42 Å². The van der Waals surface area contributed by atoms with Gasteiger partial charge in [-0.25, -0.2) is 0 Å². The Hall–Kier alpha value is -1.99. The molecular formula is C12H13N5OS. The van der Waals surface area contributed by atoms with E-state index in [0.717, 1.165) is 33.5 Å². The minimum atomic E-state index is 0.585. The van der Waals surface area contributed by atoms with Gasteiger partial charge >= 0.3 is 0 Å². The average molecular weight is 275 g/mol. The molecule has 0 fully saturated rings. The van der Waals surface area contributed by atoms with Gasteiger partial charge < -0.3 is 10.5 Å². The Bertz CT molecular complexity index is 688. The molecule has 7 heteroatoms. The Morgan fingerprint density at radius 3 is 2.74 bits per heavy atom. The van der Waals surface area contributed by atoms with Gasteiger partial charge in [0.2, 0.25) is 4.96 Å². The zero-order valence-corrected chi connectivity index (χ0v) is 11.2. The first-order chi connectivity index (χ1) is 9.31. The maximum Gasteiger partial charge on any atom is 0.234 e. The van der Waals surface area contributed by atoms with E-state index in [2.05, 4.69) is 15.3 Å². The number of rotatable bonds is 4. The maximum atomic E-state index is 5.54. The normalized spacial score (nSPS) is 11.1. The summed E-state index contributed by atoms with van der Waals surface area (Å²) in [6.07, 6.45) is 0.760. The molecule has 98 valence electrons. The predicted octanol–water partition coefficient (Wildman–Crippen LogP) is 1.36. The monoisotopic (exact) mass is 275 g/mol. The molecule has 0 saturated heterocycles. The molecule has 0 radical (unpaired) electrons. The van der Waals surface area contributed by atoms with Crippen LogP contribution >= 0.6 is 11.3 Å². The van der Waals surface area contributed by atoms with Crippen molar-refractivity contribution >= 4 is 16.3 Å². The Morgan fingerprint density at radius 1 is 1.26 bits per heavy atom. The molecule has 0 aliphatic carbocycles. The smallest absolute Gasteiger partial charge is 0.234 e. The van der Waals surface area contributed by atoms with Crippen LogP contribution in [0.5, 0.6) is 5.75 Å². The number of nitrogens with zero attached hydrogens (tertiary/aromatic N) is 4. The fraction of sp³-hybridized carbons (Fsp3) is 0.250. The second kappa shape index (κ2) is 4.94. The Kier molecular flexibility index (Phi) is 3.14. The van der Waals surface area contributed by atoms with Crippen LogP contribution in [0.2, 0.25) is 0 Å². The van der Waals surface area contributed by atoms with Crippen molar-refractivity contribution in [3.63, 3.8) is 0 Å². The summed E-state index contributed by atoms with van der Waals surface area (Å²) in [7, 11) is 1.64. The van der Waals surface area contributed by atoms with Crippen LogP contribution in [0.15, 0.2) is 24.3 Å². The third-order valence-corrected chi connectivity index (χ3v) is 3.70. The van der Waals surface area contributed by atoms with E-state index in [4.69, 9.17) is 10.5 Å². The van der Waals surface area contributed by atoms with Crippen molar-refractivity contribution in [3.05, 3.63) is 29.3 Å². The highest BCUT2D eigenvalue weighted by molar-refractivity contribution is 7.16. The van der Waals surface area contributed by atoms with Crippen molar-refractivity contribution in [2.24, 2.45) is 5.73 Å². The van der Waals surface area contributed by atoms with Gasteiger partial charge in [0, 0.05) is 12.0 Å². The molecule has 0 atom stereocenters. The van der Waals surface area contributed by atoms with Crippen LogP contribution in [-0.4, -0.2) is 33.5 Å². The summed E-state index contributed by atoms with van der Waals surface area (Å²) in [4.78, 5) is 0.786. The van der Waals surface area contributed by atoms with Crippen LogP contribution < -0.4 is 10.5 Å². The number of ether oxygens (including phenoxy) is 1. The molecule has 2 heterocycles. The third-order valence-electron chi connectivity index (χ3n) is 2.74. The van der Waals surface area contributed by atoms with Gasteiger partial charge in [-0.05, 0) is 30.8 Å². The SMILES string of the molecule is COc1ccc(-c2nnc3sc(CCN)nn23)cc1. The lowest BCUT2D eigenvalue weighted by Gasteiger charge is -2.00. The summed E-state index contributed by atoms with van der Waals surface area (Å²) in [6.45, 7) is 0.585. The molecule has 19 heavy (non-hydrogen) atoms. The molecule has 0 aliphatic rings. The molecule has 1 aromatic carbocycles. The number of nitrogens with two attached hydrogens (primary N) is 1. The van der Waals surface area contributed by atoms with Gasteiger partial charge in [0.1, 0.15) is 10.8 Å². The van der Waals surface area contributed by atoms with E-state index in [1.807, 2.05) is 24.3 Å². The van der Waals surface area contributed by atoms with E-state index >= 15 is 0 Å². The Morgan fingerprint density at radius 2 is 2.05 bits per heavy atom. The van der Waals surface area contributed by atoms with Gasteiger partial charge in [0.05, 0.1) is 7.11 Å². The number of hydrogen-bond donors (Lipinski definition) is 1. The molecule has 0 aliphatic heterocycles. The molecule has 0 saturated carbocycles. The van der Waals surface area contributed by atoms with Gasteiger partial charge in [-0.2, -0.15) is 9.61 Å². The van der Waals surface area contributed by atoms with E-state index in [1.165, 1.54) is 11.3 Å². The molecule has 3 aromatic rings. The summed E-state index contributed by atoms with van der Waals surface area (Å²) in [6, 6.07) is 7.67. The number of aromatic nitrogens is 4. The Balaban J connectivity index is 2.03. The van der Waals surface area contributed by atoms with Crippen molar-refractivity contribution in [2.45, 2.75) is 6.42 Å². The van der Waals surface area contributed by atoms with Crippen LogP contribution in [0.25, 0.3) is 16.3 Å². The molecule has 2 N–H and O–H groups in total. The molecule has 2 aromatic heterocycles. The summed E-state index contributed by atoms with van der Waals surface area (Å²) < 4.78 is 6.90. The molecule has 0 amide bonds. The highest BCUT2D eigenvalue weighted by Gasteiger charge is 2.12. The van der Waals surface area contributed by atoms with E-state index in [0.29, 0.717) is 6.54 Å². The first-order valence-electron chi connectivity index (χ1n) is 5.87. The lowest BCUT2D eigenvalue weighted by atomic mass is 10.2. The average Bonchev–Trinajstić information content (AvgIpc) is 2.99. The fourth-order valence-corrected chi connectivity index (χ4v) is 2.65. The lowest BCUT2D eigenvalue weighted by Crippen LogP contribution is -2.03. The largest absolute Gasteiger partial charge is 0.497 e. The first kappa shape index (κ1) is 12.1. The number of fused-ring (bicyclic) bond motifs is 1. The topological polar surface area (TPSA) is 78.3 Å². The quantitative estimate of drug-likeness (QED) is 0.778. The van der Waals surface area contributed by atoms with Crippen LogP contribution in [0, 0.1) is 0 Å². The van der Waals surface area contributed by atoms with Crippen molar-refractivity contribution < 1.29 is 4.74 Å². The van der Waals surface area contributed by atoms with Crippen molar-refractivity contribution in [3.8, 4) is 17.1 Å². The highest BCUT2D eigenvalue weighted by Crippen LogP contribution is 2.23.